The summed E-state index contributed by atoms with van der Waals surface area (Å²) in [5.74, 6) is 1.19. The van der Waals surface area contributed by atoms with Crippen molar-refractivity contribution in [1.82, 2.24) is 5.32 Å². The summed E-state index contributed by atoms with van der Waals surface area (Å²) in [6, 6.07) is 15.1. The summed E-state index contributed by atoms with van der Waals surface area (Å²) in [6.07, 6.45) is 0. The Labute approximate surface area is 140 Å². The van der Waals surface area contributed by atoms with Gasteiger partial charge in [-0.15, -0.1) is 11.8 Å². The molecule has 0 unspecified atom stereocenters. The Morgan fingerprint density at radius 1 is 1.18 bits per heavy atom. The zero-order chi connectivity index (χ0) is 15.9. The molecule has 2 aromatic rings. The molecule has 5 heteroatoms. The molecule has 116 valence electrons. The maximum atomic E-state index is 12.0. The normalized spacial score (nSPS) is 11.8. The van der Waals surface area contributed by atoms with Crippen LogP contribution in [0.5, 0.6) is 5.75 Å². The maximum absolute atomic E-state index is 12.0. The Balaban J connectivity index is 1.83. The maximum Gasteiger partial charge on any atom is 0.230 e. The van der Waals surface area contributed by atoms with Gasteiger partial charge in [-0.05, 0) is 48.9 Å². The molecule has 0 aliphatic heterocycles. The van der Waals surface area contributed by atoms with Gasteiger partial charge in [-0.2, -0.15) is 0 Å². The number of halogens is 1. The van der Waals surface area contributed by atoms with Crippen molar-refractivity contribution in [3.05, 3.63) is 59.1 Å². The second-order valence-corrected chi connectivity index (χ2v) is 6.29. The number of hydrogen-bond donors (Lipinski definition) is 1. The quantitative estimate of drug-likeness (QED) is 0.799. The number of methoxy groups -OCH3 is 1. The smallest absolute Gasteiger partial charge is 0.230 e. The van der Waals surface area contributed by atoms with Gasteiger partial charge < -0.3 is 10.1 Å². The van der Waals surface area contributed by atoms with Gasteiger partial charge in [0.1, 0.15) is 5.75 Å². The van der Waals surface area contributed by atoms with Gasteiger partial charge in [0.2, 0.25) is 5.91 Å². The summed E-state index contributed by atoms with van der Waals surface area (Å²) in [6.45, 7) is 1.96. The van der Waals surface area contributed by atoms with E-state index in [2.05, 4.69) is 5.32 Å². The summed E-state index contributed by atoms with van der Waals surface area (Å²) in [5, 5.41) is 3.68. The van der Waals surface area contributed by atoms with Crippen LogP contribution in [0.1, 0.15) is 18.5 Å². The number of ether oxygens (including phenoxy) is 1. The highest BCUT2D eigenvalue weighted by atomic mass is 35.5. The first-order chi connectivity index (χ1) is 10.6. The minimum Gasteiger partial charge on any atom is -0.497 e. The molecule has 2 aromatic carbocycles. The van der Waals surface area contributed by atoms with Crippen LogP contribution in [0.25, 0.3) is 0 Å². The molecule has 0 heterocycles. The van der Waals surface area contributed by atoms with Crippen LogP contribution in [0.2, 0.25) is 5.02 Å². The number of amides is 1. The van der Waals surface area contributed by atoms with Crippen molar-refractivity contribution < 1.29 is 9.53 Å². The fourth-order valence-corrected chi connectivity index (χ4v) is 2.77. The average molecular weight is 336 g/mol. The van der Waals surface area contributed by atoms with Crippen molar-refractivity contribution in [2.45, 2.75) is 17.9 Å². The van der Waals surface area contributed by atoms with Crippen LogP contribution in [0, 0.1) is 0 Å². The Morgan fingerprint density at radius 3 is 2.41 bits per heavy atom. The average Bonchev–Trinajstić information content (AvgIpc) is 2.54. The highest BCUT2D eigenvalue weighted by Crippen LogP contribution is 2.21. The number of thioether (sulfide) groups is 1. The molecule has 22 heavy (non-hydrogen) atoms. The molecule has 0 aliphatic rings. The van der Waals surface area contributed by atoms with Crippen LogP contribution in [0.3, 0.4) is 0 Å². The fourth-order valence-electron chi connectivity index (χ4n) is 1.94. The summed E-state index contributed by atoms with van der Waals surface area (Å²) >= 11 is 7.32. The van der Waals surface area contributed by atoms with Crippen molar-refractivity contribution >= 4 is 29.3 Å². The van der Waals surface area contributed by atoms with Crippen LogP contribution in [-0.2, 0) is 4.79 Å². The van der Waals surface area contributed by atoms with Crippen LogP contribution in [0.4, 0.5) is 0 Å². The number of carbonyl (C=O) groups excluding carboxylic acids is 1. The van der Waals surface area contributed by atoms with E-state index < -0.39 is 0 Å². The number of rotatable bonds is 6. The monoisotopic (exact) mass is 335 g/mol. The standard InChI is InChI=1S/C17H18ClNO2S/c1-12(13-3-7-15(21-2)8-4-13)19-17(20)11-22-16-9-5-14(18)6-10-16/h3-10,12H,11H2,1-2H3,(H,19,20)/t12-/m0/s1. The lowest BCUT2D eigenvalue weighted by molar-refractivity contribution is -0.119. The van der Waals surface area contributed by atoms with Gasteiger partial charge in [-0.25, -0.2) is 0 Å². The zero-order valence-electron chi connectivity index (χ0n) is 12.5. The fraction of sp³-hybridized carbons (Fsp3) is 0.235. The van der Waals surface area contributed by atoms with Crippen LogP contribution in [0.15, 0.2) is 53.4 Å². The second-order valence-electron chi connectivity index (χ2n) is 4.80. The SMILES string of the molecule is COc1ccc([C@H](C)NC(=O)CSc2ccc(Cl)cc2)cc1. The van der Waals surface area contributed by atoms with Crippen molar-refractivity contribution in [3.63, 3.8) is 0 Å². The number of hydrogen-bond acceptors (Lipinski definition) is 3. The third-order valence-corrected chi connectivity index (χ3v) is 4.44. The molecule has 0 saturated carbocycles. The van der Waals surface area contributed by atoms with E-state index in [1.165, 1.54) is 11.8 Å². The molecule has 0 spiro atoms. The van der Waals surface area contributed by atoms with Crippen LogP contribution < -0.4 is 10.1 Å². The van der Waals surface area contributed by atoms with Crippen molar-refractivity contribution in [1.29, 1.82) is 0 Å². The van der Waals surface area contributed by atoms with Gasteiger partial charge in [0.25, 0.3) is 0 Å². The predicted molar refractivity (Wildman–Crippen MR) is 91.7 cm³/mol. The Kier molecular flexibility index (Phi) is 6.16. The van der Waals surface area contributed by atoms with Gasteiger partial charge in [0.05, 0.1) is 18.9 Å². The Hall–Kier alpha value is -1.65. The van der Waals surface area contributed by atoms with E-state index in [0.717, 1.165) is 16.2 Å². The second kappa shape index (κ2) is 8.11. The van der Waals surface area contributed by atoms with E-state index >= 15 is 0 Å². The van der Waals surface area contributed by atoms with Crippen molar-refractivity contribution in [3.8, 4) is 5.75 Å². The van der Waals surface area contributed by atoms with E-state index in [4.69, 9.17) is 16.3 Å². The van der Waals surface area contributed by atoms with Crippen molar-refractivity contribution in [2.75, 3.05) is 12.9 Å². The summed E-state index contributed by atoms with van der Waals surface area (Å²) < 4.78 is 5.13. The lowest BCUT2D eigenvalue weighted by Crippen LogP contribution is -2.28. The molecule has 3 nitrogen and oxygen atoms in total. The van der Waals surface area contributed by atoms with Crippen LogP contribution in [-0.4, -0.2) is 18.8 Å². The Morgan fingerprint density at radius 2 is 1.82 bits per heavy atom. The third kappa shape index (κ3) is 4.97. The first kappa shape index (κ1) is 16.7. The van der Waals surface area contributed by atoms with Gasteiger partial charge in [-0.1, -0.05) is 23.7 Å². The van der Waals surface area contributed by atoms with E-state index in [9.17, 15) is 4.79 Å². The van der Waals surface area contributed by atoms with E-state index in [1.807, 2.05) is 55.5 Å². The minimum atomic E-state index is -0.0378. The third-order valence-electron chi connectivity index (χ3n) is 3.18. The Bertz CT molecular complexity index is 614. The highest BCUT2D eigenvalue weighted by molar-refractivity contribution is 8.00. The summed E-state index contributed by atoms with van der Waals surface area (Å²) in [5.41, 5.74) is 1.05. The number of nitrogens with one attached hydrogen (secondary N) is 1. The van der Waals surface area contributed by atoms with Gasteiger partial charge in [0.15, 0.2) is 0 Å². The molecule has 0 fully saturated rings. The molecule has 0 aliphatic carbocycles. The summed E-state index contributed by atoms with van der Waals surface area (Å²) in [7, 11) is 1.63. The van der Waals surface area contributed by atoms with Gasteiger partial charge >= 0.3 is 0 Å². The first-order valence-corrected chi connectivity index (χ1v) is 8.26. The van der Waals surface area contributed by atoms with Gasteiger partial charge in [0, 0.05) is 9.92 Å². The first-order valence-electron chi connectivity index (χ1n) is 6.90. The van der Waals surface area contributed by atoms with E-state index in [0.29, 0.717) is 10.8 Å². The molecular formula is C17H18ClNO2S. The largest absolute Gasteiger partial charge is 0.497 e. The lowest BCUT2D eigenvalue weighted by atomic mass is 10.1. The molecule has 0 bridgehead atoms. The molecule has 0 aromatic heterocycles. The topological polar surface area (TPSA) is 38.3 Å². The molecular weight excluding hydrogens is 318 g/mol. The van der Waals surface area contributed by atoms with Crippen LogP contribution >= 0.6 is 23.4 Å². The zero-order valence-corrected chi connectivity index (χ0v) is 14.1. The van der Waals surface area contributed by atoms with Gasteiger partial charge in [-0.3, -0.25) is 4.79 Å². The molecule has 0 radical (unpaired) electrons. The summed E-state index contributed by atoms with van der Waals surface area (Å²) in [4.78, 5) is 13.0. The molecule has 1 N–H and O–H groups in total. The lowest BCUT2D eigenvalue weighted by Gasteiger charge is -2.14. The number of benzene rings is 2. The molecule has 2 rings (SSSR count). The minimum absolute atomic E-state index is 0.00303. The highest BCUT2D eigenvalue weighted by Gasteiger charge is 2.10. The van der Waals surface area contributed by atoms with E-state index in [-0.39, 0.29) is 11.9 Å². The molecule has 1 atom stereocenters. The molecule has 1 amide bonds. The predicted octanol–water partition coefficient (Wildman–Crippen LogP) is 4.32. The van der Waals surface area contributed by atoms with Crippen molar-refractivity contribution in [2.24, 2.45) is 0 Å². The number of carbonyl (C=O) groups is 1. The molecule has 0 saturated heterocycles. The van der Waals surface area contributed by atoms with E-state index in [1.54, 1.807) is 7.11 Å².